The van der Waals surface area contributed by atoms with Crippen LogP contribution in [0.2, 0.25) is 10.0 Å². The second-order valence-electron chi connectivity index (χ2n) is 8.85. The van der Waals surface area contributed by atoms with Crippen LogP contribution in [0.4, 0.5) is 0 Å². The van der Waals surface area contributed by atoms with Crippen LogP contribution in [0.25, 0.3) is 22.0 Å². The van der Waals surface area contributed by atoms with Crippen LogP contribution in [-0.4, -0.2) is 21.9 Å². The van der Waals surface area contributed by atoms with E-state index in [9.17, 15) is 4.79 Å². The summed E-state index contributed by atoms with van der Waals surface area (Å²) in [7, 11) is 0. The lowest BCUT2D eigenvalue weighted by Crippen LogP contribution is -2.33. The minimum absolute atomic E-state index is 0.0326. The summed E-state index contributed by atoms with van der Waals surface area (Å²) in [6, 6.07) is 23.9. The van der Waals surface area contributed by atoms with Gasteiger partial charge in [-0.3, -0.25) is 4.79 Å². The summed E-state index contributed by atoms with van der Waals surface area (Å²) in [5, 5.41) is 2.46. The number of hydrogen-bond acceptors (Lipinski definition) is 1. The van der Waals surface area contributed by atoms with Gasteiger partial charge in [0.2, 0.25) is 5.91 Å². The molecule has 1 aromatic heterocycles. The molecule has 3 nitrogen and oxygen atoms in total. The molecule has 0 radical (unpaired) electrons. The van der Waals surface area contributed by atoms with Crippen LogP contribution < -0.4 is 0 Å². The first-order chi connectivity index (χ1) is 17.1. The lowest BCUT2D eigenvalue weighted by atomic mass is 9.97. The Morgan fingerprint density at radius 2 is 1.74 bits per heavy atom. The third-order valence-corrected chi connectivity index (χ3v) is 7.19. The third kappa shape index (κ3) is 4.69. The molecule has 1 atom stereocenters. The van der Waals surface area contributed by atoms with Crippen molar-refractivity contribution in [1.82, 2.24) is 9.47 Å². The van der Waals surface area contributed by atoms with E-state index in [2.05, 4.69) is 46.7 Å². The lowest BCUT2D eigenvalue weighted by Gasteiger charge is -2.27. The zero-order valence-electron chi connectivity index (χ0n) is 19.6. The first-order valence-electron chi connectivity index (χ1n) is 11.9. The van der Waals surface area contributed by atoms with Crippen molar-refractivity contribution in [2.45, 2.75) is 38.8 Å². The Morgan fingerprint density at radius 1 is 1.00 bits per heavy atom. The van der Waals surface area contributed by atoms with Crippen LogP contribution in [0, 0.1) is 11.8 Å². The van der Waals surface area contributed by atoms with Gasteiger partial charge in [-0.1, -0.05) is 71.6 Å². The van der Waals surface area contributed by atoms with Crippen LogP contribution in [0.1, 0.15) is 37.1 Å². The summed E-state index contributed by atoms with van der Waals surface area (Å²) < 4.78 is 2.28. The second-order valence-corrected chi connectivity index (χ2v) is 9.72. The van der Waals surface area contributed by atoms with E-state index in [4.69, 9.17) is 23.2 Å². The number of carbonyl (C=O) groups excluding carboxylic acids is 1. The molecule has 3 aromatic carbocycles. The van der Waals surface area contributed by atoms with Crippen LogP contribution >= 0.6 is 23.2 Å². The maximum absolute atomic E-state index is 13.6. The van der Waals surface area contributed by atoms with Crippen LogP contribution in [0.3, 0.4) is 0 Å². The number of likely N-dealkylation sites (tertiary alicyclic amines) is 1. The summed E-state index contributed by atoms with van der Waals surface area (Å²) in [6.07, 6.45) is 2.23. The van der Waals surface area contributed by atoms with E-state index >= 15 is 0 Å². The molecule has 5 heteroatoms. The fourth-order valence-electron chi connectivity index (χ4n) is 5.16. The van der Waals surface area contributed by atoms with E-state index in [1.807, 2.05) is 54.3 Å². The Hall–Kier alpha value is -3.19. The van der Waals surface area contributed by atoms with Crippen molar-refractivity contribution in [1.29, 1.82) is 0 Å². The Labute approximate surface area is 216 Å². The quantitative estimate of drug-likeness (QED) is 0.259. The zero-order chi connectivity index (χ0) is 24.4. The van der Waals surface area contributed by atoms with Gasteiger partial charge in [0.15, 0.2) is 0 Å². The molecule has 2 heterocycles. The number of amides is 1. The number of hydrogen-bond donors (Lipinski definition) is 0. The molecule has 0 spiro atoms. The summed E-state index contributed by atoms with van der Waals surface area (Å²) in [4.78, 5) is 15.6. The SMILES string of the molecule is CC#CCn1c(C2CCCN2C(=O)Cc2ccc(Cl)cc2)c(-c2ccccc2)c2cc(Cl)ccc21. The van der Waals surface area contributed by atoms with Gasteiger partial charge in [0.05, 0.1) is 24.7 Å². The molecule has 1 saturated heterocycles. The molecule has 35 heavy (non-hydrogen) atoms. The molecule has 5 rings (SSSR count). The number of benzene rings is 3. The highest BCUT2D eigenvalue weighted by Crippen LogP contribution is 2.44. The van der Waals surface area contributed by atoms with E-state index in [1.165, 1.54) is 0 Å². The number of carbonyl (C=O) groups is 1. The van der Waals surface area contributed by atoms with Crippen molar-refractivity contribution in [2.75, 3.05) is 6.54 Å². The van der Waals surface area contributed by atoms with E-state index in [0.29, 0.717) is 23.0 Å². The van der Waals surface area contributed by atoms with Gasteiger partial charge >= 0.3 is 0 Å². The van der Waals surface area contributed by atoms with E-state index in [-0.39, 0.29) is 11.9 Å². The highest BCUT2D eigenvalue weighted by atomic mass is 35.5. The molecule has 0 saturated carbocycles. The number of fused-ring (bicyclic) bond motifs is 1. The second kappa shape index (κ2) is 10.2. The van der Waals surface area contributed by atoms with Crippen molar-refractivity contribution >= 4 is 40.0 Å². The predicted octanol–water partition coefficient (Wildman–Crippen LogP) is 7.54. The van der Waals surface area contributed by atoms with E-state index in [1.54, 1.807) is 0 Å². The van der Waals surface area contributed by atoms with E-state index in [0.717, 1.165) is 52.7 Å². The molecule has 1 unspecified atom stereocenters. The zero-order valence-corrected chi connectivity index (χ0v) is 21.1. The van der Waals surface area contributed by atoms with Gasteiger partial charge in [-0.2, -0.15) is 0 Å². The third-order valence-electron chi connectivity index (χ3n) is 6.70. The molecular formula is C30H26Cl2N2O. The average Bonchev–Trinajstić information content (AvgIpc) is 3.47. The summed E-state index contributed by atoms with van der Waals surface area (Å²) in [5.41, 5.74) is 5.45. The number of halogens is 2. The molecule has 1 fully saturated rings. The molecule has 176 valence electrons. The fourth-order valence-corrected chi connectivity index (χ4v) is 5.46. The molecular weight excluding hydrogens is 475 g/mol. The fraction of sp³-hybridized carbons (Fsp3) is 0.233. The van der Waals surface area contributed by atoms with Gasteiger partial charge in [-0.15, -0.1) is 5.92 Å². The van der Waals surface area contributed by atoms with Gasteiger partial charge in [0.25, 0.3) is 0 Å². The first kappa shape index (κ1) is 23.5. The standard InChI is InChI=1S/C30H26Cl2N2O/c1-2-3-17-34-26-16-15-24(32)20-25(26)29(22-8-5-4-6-9-22)30(34)27-10-7-18-33(27)28(35)19-21-11-13-23(31)14-12-21/h4-6,8-9,11-16,20,27H,7,10,17-19H2,1H3. The molecule has 0 N–H and O–H groups in total. The summed E-state index contributed by atoms with van der Waals surface area (Å²) >= 11 is 12.5. The van der Waals surface area contributed by atoms with Crippen molar-refractivity contribution in [3.05, 3.63) is 94.1 Å². The molecule has 1 amide bonds. The Morgan fingerprint density at radius 3 is 2.49 bits per heavy atom. The van der Waals surface area contributed by atoms with Gasteiger partial charge in [-0.25, -0.2) is 0 Å². The lowest BCUT2D eigenvalue weighted by molar-refractivity contribution is -0.131. The Kier molecular flexibility index (Phi) is 6.86. The summed E-state index contributed by atoms with van der Waals surface area (Å²) in [6.45, 7) is 3.16. The number of aromatic nitrogens is 1. The molecule has 4 aromatic rings. The normalized spacial score (nSPS) is 15.3. The van der Waals surface area contributed by atoms with Gasteiger partial charge < -0.3 is 9.47 Å². The van der Waals surface area contributed by atoms with Crippen molar-refractivity contribution in [2.24, 2.45) is 0 Å². The Bertz CT molecular complexity index is 1430. The summed E-state index contributed by atoms with van der Waals surface area (Å²) in [5.74, 6) is 6.43. The van der Waals surface area contributed by atoms with Crippen molar-refractivity contribution in [3.63, 3.8) is 0 Å². The van der Waals surface area contributed by atoms with Gasteiger partial charge in [0, 0.05) is 33.1 Å². The highest BCUT2D eigenvalue weighted by molar-refractivity contribution is 6.31. The molecule has 0 bridgehead atoms. The molecule has 0 aliphatic carbocycles. The predicted molar refractivity (Wildman–Crippen MR) is 145 cm³/mol. The maximum atomic E-state index is 13.6. The van der Waals surface area contributed by atoms with Crippen LogP contribution in [0.5, 0.6) is 0 Å². The smallest absolute Gasteiger partial charge is 0.227 e. The van der Waals surface area contributed by atoms with Gasteiger partial charge in [-0.05, 0) is 61.2 Å². The van der Waals surface area contributed by atoms with Gasteiger partial charge in [0.1, 0.15) is 0 Å². The largest absolute Gasteiger partial charge is 0.334 e. The van der Waals surface area contributed by atoms with E-state index < -0.39 is 0 Å². The highest BCUT2D eigenvalue weighted by Gasteiger charge is 2.35. The van der Waals surface area contributed by atoms with Crippen LogP contribution in [0.15, 0.2) is 72.8 Å². The Balaban J connectivity index is 1.65. The van der Waals surface area contributed by atoms with Crippen molar-refractivity contribution in [3.8, 4) is 23.0 Å². The maximum Gasteiger partial charge on any atom is 0.227 e. The topological polar surface area (TPSA) is 25.2 Å². The minimum Gasteiger partial charge on any atom is -0.334 e. The monoisotopic (exact) mass is 500 g/mol. The van der Waals surface area contributed by atoms with Crippen molar-refractivity contribution < 1.29 is 4.79 Å². The van der Waals surface area contributed by atoms with Crippen LogP contribution in [-0.2, 0) is 17.8 Å². The average molecular weight is 501 g/mol. The minimum atomic E-state index is -0.0326. The first-order valence-corrected chi connectivity index (χ1v) is 12.6. The number of nitrogens with zero attached hydrogens (tertiary/aromatic N) is 2. The molecule has 1 aliphatic heterocycles. The molecule has 1 aliphatic rings. The number of rotatable bonds is 5.